The fourth-order valence-corrected chi connectivity index (χ4v) is 2.92. The molecule has 4 N–H and O–H groups in total. The van der Waals surface area contributed by atoms with Gasteiger partial charge in [-0.3, -0.25) is 9.59 Å². The molecule has 124 valence electrons. The van der Waals surface area contributed by atoms with Gasteiger partial charge in [-0.15, -0.1) is 12.4 Å². The van der Waals surface area contributed by atoms with E-state index in [1.54, 1.807) is 6.92 Å². The molecule has 1 aromatic heterocycles. The van der Waals surface area contributed by atoms with Crippen LogP contribution in [0.5, 0.6) is 0 Å². The third-order valence-corrected chi connectivity index (χ3v) is 4.24. The molecule has 1 aliphatic rings. The van der Waals surface area contributed by atoms with Gasteiger partial charge in [0.2, 0.25) is 0 Å². The number of carbonyl (C=O) groups is 1. The third kappa shape index (κ3) is 3.39. The smallest absolute Gasteiger partial charge is 0.261 e. The van der Waals surface area contributed by atoms with Gasteiger partial charge < -0.3 is 20.7 Å². The van der Waals surface area contributed by atoms with E-state index in [9.17, 15) is 14.7 Å². The molecule has 1 fully saturated rings. The zero-order chi connectivity index (χ0) is 15.7. The summed E-state index contributed by atoms with van der Waals surface area (Å²) in [5, 5.41) is 16.4. The number of benzene rings is 1. The van der Waals surface area contributed by atoms with E-state index in [0.29, 0.717) is 25.2 Å². The lowest BCUT2D eigenvalue weighted by atomic mass is 10.0. The molecule has 2 aromatic rings. The molecule has 1 aromatic carbocycles. The van der Waals surface area contributed by atoms with Crippen LogP contribution in [0.4, 0.5) is 0 Å². The number of aliphatic hydroxyl groups is 1. The maximum absolute atomic E-state index is 12.4. The van der Waals surface area contributed by atoms with E-state index in [2.05, 4.69) is 15.6 Å². The number of nitrogens with one attached hydrogen (secondary N) is 3. The first kappa shape index (κ1) is 17.5. The number of pyridine rings is 1. The van der Waals surface area contributed by atoms with Crippen molar-refractivity contribution in [2.45, 2.75) is 13.0 Å². The minimum Gasteiger partial charge on any atom is -0.391 e. The van der Waals surface area contributed by atoms with E-state index >= 15 is 0 Å². The first-order valence-electron chi connectivity index (χ1n) is 7.36. The number of hydrogen-bond donors (Lipinski definition) is 4. The molecule has 0 saturated carbocycles. The monoisotopic (exact) mass is 337 g/mol. The highest BCUT2D eigenvalue weighted by Crippen LogP contribution is 2.17. The molecular formula is C16H20ClN3O3. The number of hydrogen-bond acceptors (Lipinski definition) is 4. The standard InChI is InChI=1S/C16H19N3O3.ClH/c1-9-11-4-2-3-5-12(11)19-16(22)14(9)15(21)18-7-10-6-17-8-13(10)20;/h2-5,10,13,17,20H,6-8H2,1H3,(H,18,21)(H,19,22);1H. The van der Waals surface area contributed by atoms with Crippen LogP contribution >= 0.6 is 12.4 Å². The van der Waals surface area contributed by atoms with Gasteiger partial charge in [0.25, 0.3) is 11.5 Å². The van der Waals surface area contributed by atoms with Gasteiger partial charge in [0.05, 0.1) is 6.10 Å². The normalized spacial score (nSPS) is 20.3. The van der Waals surface area contributed by atoms with E-state index in [1.165, 1.54) is 0 Å². The number of carbonyl (C=O) groups excluding carboxylic acids is 1. The topological polar surface area (TPSA) is 94.2 Å². The van der Waals surface area contributed by atoms with Crippen LogP contribution in [0.3, 0.4) is 0 Å². The van der Waals surface area contributed by atoms with Crippen molar-refractivity contribution in [2.75, 3.05) is 19.6 Å². The number of rotatable bonds is 3. The number of aryl methyl sites for hydroxylation is 1. The Morgan fingerprint density at radius 3 is 2.78 bits per heavy atom. The van der Waals surface area contributed by atoms with Gasteiger partial charge in [-0.1, -0.05) is 18.2 Å². The summed E-state index contributed by atoms with van der Waals surface area (Å²) in [6.07, 6.45) is -0.462. The van der Waals surface area contributed by atoms with Crippen LogP contribution in [0.2, 0.25) is 0 Å². The van der Waals surface area contributed by atoms with Gasteiger partial charge in [0, 0.05) is 36.5 Å². The highest BCUT2D eigenvalue weighted by molar-refractivity contribution is 5.99. The van der Waals surface area contributed by atoms with Crippen molar-refractivity contribution in [3.05, 3.63) is 45.7 Å². The summed E-state index contributed by atoms with van der Waals surface area (Å²) in [6.45, 7) is 3.32. The highest BCUT2D eigenvalue weighted by atomic mass is 35.5. The maximum Gasteiger partial charge on any atom is 0.261 e. The number of aliphatic hydroxyl groups excluding tert-OH is 1. The van der Waals surface area contributed by atoms with E-state index < -0.39 is 17.6 Å². The second kappa shape index (κ2) is 7.12. The van der Waals surface area contributed by atoms with Crippen molar-refractivity contribution in [1.29, 1.82) is 0 Å². The molecular weight excluding hydrogens is 318 g/mol. The van der Waals surface area contributed by atoms with Crippen LogP contribution in [-0.4, -0.2) is 41.7 Å². The number of H-pyrrole nitrogens is 1. The summed E-state index contributed by atoms with van der Waals surface area (Å²) in [6, 6.07) is 7.40. The number of halogens is 1. The summed E-state index contributed by atoms with van der Waals surface area (Å²) in [5.41, 5.74) is 1.14. The number of aromatic nitrogens is 1. The highest BCUT2D eigenvalue weighted by Gasteiger charge is 2.26. The zero-order valence-corrected chi connectivity index (χ0v) is 13.6. The lowest BCUT2D eigenvalue weighted by Crippen LogP contribution is -2.37. The Hall–Kier alpha value is -1.89. The summed E-state index contributed by atoms with van der Waals surface area (Å²) < 4.78 is 0. The Balaban J connectivity index is 0.00000192. The van der Waals surface area contributed by atoms with Gasteiger partial charge >= 0.3 is 0 Å². The van der Waals surface area contributed by atoms with Crippen LogP contribution in [0.25, 0.3) is 10.9 Å². The Morgan fingerprint density at radius 2 is 2.09 bits per heavy atom. The van der Waals surface area contributed by atoms with E-state index in [-0.39, 0.29) is 23.9 Å². The van der Waals surface area contributed by atoms with Crippen LogP contribution in [0.15, 0.2) is 29.1 Å². The number of amides is 1. The Bertz CT molecular complexity index is 775. The molecule has 6 nitrogen and oxygen atoms in total. The number of fused-ring (bicyclic) bond motifs is 1. The van der Waals surface area contributed by atoms with Crippen molar-refractivity contribution >= 4 is 29.2 Å². The number of aromatic amines is 1. The SMILES string of the molecule is Cc1c(C(=O)NCC2CNCC2O)c(=O)[nH]c2ccccc12.Cl. The molecule has 2 heterocycles. The molecule has 1 saturated heterocycles. The molecule has 2 atom stereocenters. The Kier molecular flexibility index (Phi) is 5.41. The van der Waals surface area contributed by atoms with Crippen molar-refractivity contribution in [3.63, 3.8) is 0 Å². The second-order valence-electron chi connectivity index (χ2n) is 5.70. The van der Waals surface area contributed by atoms with Gasteiger partial charge in [-0.05, 0) is 18.6 Å². The average Bonchev–Trinajstić information content (AvgIpc) is 2.90. The maximum atomic E-state index is 12.4. The Morgan fingerprint density at radius 1 is 1.35 bits per heavy atom. The van der Waals surface area contributed by atoms with Gasteiger partial charge in [0.15, 0.2) is 0 Å². The zero-order valence-electron chi connectivity index (χ0n) is 12.8. The van der Waals surface area contributed by atoms with Crippen LogP contribution in [-0.2, 0) is 0 Å². The molecule has 1 aliphatic heterocycles. The van der Waals surface area contributed by atoms with Crippen molar-refractivity contribution in [3.8, 4) is 0 Å². The molecule has 2 unspecified atom stereocenters. The number of para-hydroxylation sites is 1. The Labute approximate surface area is 139 Å². The first-order valence-corrected chi connectivity index (χ1v) is 7.36. The van der Waals surface area contributed by atoms with Crippen LogP contribution < -0.4 is 16.2 Å². The molecule has 0 radical (unpaired) electrons. The molecule has 0 aliphatic carbocycles. The van der Waals surface area contributed by atoms with Gasteiger partial charge in [0.1, 0.15) is 5.56 Å². The third-order valence-electron chi connectivity index (χ3n) is 4.24. The van der Waals surface area contributed by atoms with Crippen LogP contribution in [0, 0.1) is 12.8 Å². The lowest BCUT2D eigenvalue weighted by Gasteiger charge is -2.15. The van der Waals surface area contributed by atoms with Crippen molar-refractivity contribution in [2.24, 2.45) is 5.92 Å². The minimum absolute atomic E-state index is 0. The fraction of sp³-hybridized carbons (Fsp3) is 0.375. The summed E-state index contributed by atoms with van der Waals surface area (Å²) >= 11 is 0. The fourth-order valence-electron chi connectivity index (χ4n) is 2.92. The van der Waals surface area contributed by atoms with E-state index in [0.717, 1.165) is 10.9 Å². The second-order valence-corrected chi connectivity index (χ2v) is 5.70. The summed E-state index contributed by atoms with van der Waals surface area (Å²) in [4.78, 5) is 27.3. The predicted molar refractivity (Wildman–Crippen MR) is 91.3 cm³/mol. The van der Waals surface area contributed by atoms with Gasteiger partial charge in [-0.2, -0.15) is 0 Å². The van der Waals surface area contributed by atoms with Gasteiger partial charge in [-0.25, -0.2) is 0 Å². The number of β-amino-alcohol motifs (C(OH)–C–C–N with tert-alkyl or cyclic N) is 1. The molecule has 23 heavy (non-hydrogen) atoms. The first-order chi connectivity index (χ1) is 10.6. The molecule has 7 heteroatoms. The van der Waals surface area contributed by atoms with E-state index in [4.69, 9.17) is 0 Å². The van der Waals surface area contributed by atoms with Crippen molar-refractivity contribution in [1.82, 2.24) is 15.6 Å². The van der Waals surface area contributed by atoms with Crippen LogP contribution in [0.1, 0.15) is 15.9 Å². The average molecular weight is 338 g/mol. The molecule has 1 amide bonds. The summed E-state index contributed by atoms with van der Waals surface area (Å²) in [5.74, 6) is -0.424. The molecule has 0 bridgehead atoms. The van der Waals surface area contributed by atoms with Crippen molar-refractivity contribution < 1.29 is 9.90 Å². The molecule has 3 rings (SSSR count). The minimum atomic E-state index is -0.462. The molecule has 0 spiro atoms. The quantitative estimate of drug-likeness (QED) is 0.658. The largest absolute Gasteiger partial charge is 0.391 e. The van der Waals surface area contributed by atoms with E-state index in [1.807, 2.05) is 24.3 Å². The summed E-state index contributed by atoms with van der Waals surface area (Å²) in [7, 11) is 0. The lowest BCUT2D eigenvalue weighted by molar-refractivity contribution is 0.0925. The predicted octanol–water partition coefficient (Wildman–Crippen LogP) is 0.568.